The number of hydrogen-bond acceptors (Lipinski definition) is 5. The van der Waals surface area contributed by atoms with Gasteiger partial charge in [0.05, 0.1) is 11.7 Å². The van der Waals surface area contributed by atoms with Crippen molar-refractivity contribution in [3.8, 4) is 11.1 Å². The normalized spacial score (nSPS) is 19.7. The number of piperidine rings is 1. The van der Waals surface area contributed by atoms with Gasteiger partial charge in [0.15, 0.2) is 0 Å². The van der Waals surface area contributed by atoms with E-state index >= 15 is 0 Å². The number of aromatic nitrogens is 2. The monoisotopic (exact) mass is 407 g/mol. The van der Waals surface area contributed by atoms with E-state index in [0.717, 1.165) is 55.5 Å². The van der Waals surface area contributed by atoms with Crippen molar-refractivity contribution < 1.29 is 9.59 Å². The Bertz CT molecular complexity index is 922. The molecule has 1 aliphatic heterocycles. The second-order valence-electron chi connectivity index (χ2n) is 8.42. The lowest BCUT2D eigenvalue weighted by Gasteiger charge is -2.37. The highest BCUT2D eigenvalue weighted by Crippen LogP contribution is 2.37. The fraction of sp³-hybridized carbons (Fsp3) is 0.478. The first-order chi connectivity index (χ1) is 14.5. The van der Waals surface area contributed by atoms with E-state index in [1.807, 2.05) is 17.0 Å². The number of benzene rings is 1. The fourth-order valence-electron chi connectivity index (χ4n) is 4.79. The minimum atomic E-state index is -0.466. The van der Waals surface area contributed by atoms with Gasteiger partial charge in [-0.3, -0.25) is 9.59 Å². The van der Waals surface area contributed by atoms with Gasteiger partial charge in [-0.2, -0.15) is 0 Å². The number of carbonyl (C=O) groups is 2. The molecule has 2 aromatic rings. The number of hydrogen-bond donors (Lipinski definition) is 2. The Labute approximate surface area is 176 Å². The number of nitrogens with zero attached hydrogens (tertiary/aromatic N) is 3. The molecule has 1 aromatic carbocycles. The summed E-state index contributed by atoms with van der Waals surface area (Å²) >= 11 is 0. The molecule has 0 radical (unpaired) electrons. The molecule has 1 atom stereocenters. The van der Waals surface area contributed by atoms with Crippen LogP contribution >= 0.6 is 0 Å². The average molecular weight is 408 g/mol. The molecule has 1 saturated heterocycles. The van der Waals surface area contributed by atoms with Crippen molar-refractivity contribution in [3.05, 3.63) is 41.7 Å². The van der Waals surface area contributed by atoms with Gasteiger partial charge in [-0.25, -0.2) is 9.97 Å². The van der Waals surface area contributed by atoms with E-state index in [-0.39, 0.29) is 17.9 Å². The van der Waals surface area contributed by atoms with E-state index in [9.17, 15) is 9.59 Å². The molecule has 158 valence electrons. The molecule has 7 heteroatoms. The first kappa shape index (κ1) is 20.3. The maximum Gasteiger partial charge on any atom is 0.248 e. The molecule has 1 aromatic heterocycles. The molecule has 4 N–H and O–H groups in total. The second-order valence-corrected chi connectivity index (χ2v) is 8.42. The van der Waals surface area contributed by atoms with E-state index in [2.05, 4.69) is 9.97 Å². The highest BCUT2D eigenvalue weighted by Gasteiger charge is 2.32. The van der Waals surface area contributed by atoms with Crippen LogP contribution in [0.3, 0.4) is 0 Å². The van der Waals surface area contributed by atoms with E-state index in [0.29, 0.717) is 17.9 Å². The average Bonchev–Trinajstić information content (AvgIpc) is 3.27. The zero-order valence-electron chi connectivity index (χ0n) is 17.2. The number of nitrogen functional groups attached to an aromatic ring is 1. The Kier molecular flexibility index (Phi) is 5.97. The third-order valence-electron chi connectivity index (χ3n) is 6.39. The second kappa shape index (κ2) is 8.81. The quantitative estimate of drug-likeness (QED) is 0.787. The fourth-order valence-corrected chi connectivity index (χ4v) is 4.79. The summed E-state index contributed by atoms with van der Waals surface area (Å²) in [6.07, 6.45) is 10.0. The van der Waals surface area contributed by atoms with Crippen LogP contribution in [0, 0.1) is 5.92 Å². The predicted molar refractivity (Wildman–Crippen MR) is 115 cm³/mol. The molecular formula is C23H29N5O2. The summed E-state index contributed by atoms with van der Waals surface area (Å²) in [5.74, 6) is 0.470. The van der Waals surface area contributed by atoms with Gasteiger partial charge in [-0.15, -0.1) is 0 Å². The van der Waals surface area contributed by atoms with Crippen LogP contribution in [0.15, 0.2) is 30.5 Å². The number of anilines is 1. The summed E-state index contributed by atoms with van der Waals surface area (Å²) in [6, 6.07) is 6.96. The van der Waals surface area contributed by atoms with Gasteiger partial charge >= 0.3 is 0 Å². The van der Waals surface area contributed by atoms with Crippen molar-refractivity contribution in [1.29, 1.82) is 0 Å². The van der Waals surface area contributed by atoms with Crippen molar-refractivity contribution in [2.75, 3.05) is 12.3 Å². The number of rotatable bonds is 5. The van der Waals surface area contributed by atoms with E-state index in [4.69, 9.17) is 11.5 Å². The van der Waals surface area contributed by atoms with Gasteiger partial charge in [-0.05, 0) is 55.7 Å². The minimum Gasteiger partial charge on any atom is -0.368 e. The number of amides is 2. The molecule has 2 aliphatic rings. The first-order valence-electron chi connectivity index (χ1n) is 10.8. The lowest BCUT2D eigenvalue weighted by atomic mass is 9.92. The zero-order valence-corrected chi connectivity index (χ0v) is 17.2. The number of nitrogens with two attached hydrogens (primary N) is 2. The molecule has 1 saturated carbocycles. The molecular weight excluding hydrogens is 378 g/mol. The molecule has 0 unspecified atom stereocenters. The van der Waals surface area contributed by atoms with Gasteiger partial charge in [0, 0.05) is 30.3 Å². The van der Waals surface area contributed by atoms with Crippen LogP contribution in [0.1, 0.15) is 73.5 Å². The lowest BCUT2D eigenvalue weighted by molar-refractivity contribution is -0.136. The third kappa shape index (κ3) is 4.30. The summed E-state index contributed by atoms with van der Waals surface area (Å²) in [5, 5.41) is 0. The molecule has 0 spiro atoms. The molecule has 0 bridgehead atoms. The highest BCUT2D eigenvalue weighted by molar-refractivity contribution is 5.93. The SMILES string of the molecule is NC(=O)c1ccc(-c2cnc(N)nc2[C@@H]2CCCCN2C(=O)CC2CCCC2)cc1. The molecule has 7 nitrogen and oxygen atoms in total. The topological polar surface area (TPSA) is 115 Å². The Morgan fingerprint density at radius 2 is 1.73 bits per heavy atom. The highest BCUT2D eigenvalue weighted by atomic mass is 16.2. The summed E-state index contributed by atoms with van der Waals surface area (Å²) in [6.45, 7) is 0.750. The van der Waals surface area contributed by atoms with Crippen molar-refractivity contribution in [2.45, 2.75) is 57.4 Å². The maximum atomic E-state index is 13.2. The number of primary amides is 1. The third-order valence-corrected chi connectivity index (χ3v) is 6.39. The Morgan fingerprint density at radius 1 is 1.03 bits per heavy atom. The molecule has 2 amide bonds. The summed E-state index contributed by atoms with van der Waals surface area (Å²) in [4.78, 5) is 35.4. The van der Waals surface area contributed by atoms with Crippen molar-refractivity contribution >= 4 is 17.8 Å². The van der Waals surface area contributed by atoms with Gasteiger partial charge in [-0.1, -0.05) is 25.0 Å². The summed E-state index contributed by atoms with van der Waals surface area (Å²) in [5.41, 5.74) is 14.3. The molecule has 2 fully saturated rings. The number of likely N-dealkylation sites (tertiary alicyclic amines) is 1. The van der Waals surface area contributed by atoms with E-state index in [1.54, 1.807) is 18.3 Å². The first-order valence-corrected chi connectivity index (χ1v) is 10.8. The molecule has 2 heterocycles. The number of carbonyl (C=O) groups excluding carboxylic acids is 2. The standard InChI is InChI=1S/C23H29N5O2/c24-22(30)17-10-8-16(9-11-17)18-14-26-23(25)27-21(18)19-7-3-4-12-28(19)20(29)13-15-5-1-2-6-15/h8-11,14-15,19H,1-7,12-13H2,(H2,24,30)(H2,25,26,27)/t19-/m0/s1. The summed E-state index contributed by atoms with van der Waals surface area (Å²) < 4.78 is 0. The summed E-state index contributed by atoms with van der Waals surface area (Å²) in [7, 11) is 0. The van der Waals surface area contributed by atoms with Crippen LogP contribution in [0.25, 0.3) is 11.1 Å². The smallest absolute Gasteiger partial charge is 0.248 e. The van der Waals surface area contributed by atoms with Crippen LogP contribution in [-0.2, 0) is 4.79 Å². The Balaban J connectivity index is 1.65. The Morgan fingerprint density at radius 3 is 2.43 bits per heavy atom. The van der Waals surface area contributed by atoms with Crippen LogP contribution in [-0.4, -0.2) is 33.2 Å². The lowest BCUT2D eigenvalue weighted by Crippen LogP contribution is -2.39. The predicted octanol–water partition coefficient (Wildman–Crippen LogP) is 3.46. The van der Waals surface area contributed by atoms with Crippen molar-refractivity contribution in [3.63, 3.8) is 0 Å². The molecule has 4 rings (SSSR count). The molecule has 1 aliphatic carbocycles. The maximum absolute atomic E-state index is 13.2. The Hall–Kier alpha value is -2.96. The van der Waals surface area contributed by atoms with E-state index in [1.165, 1.54) is 12.8 Å². The zero-order chi connectivity index (χ0) is 21.1. The van der Waals surface area contributed by atoms with Crippen molar-refractivity contribution in [2.24, 2.45) is 11.7 Å². The van der Waals surface area contributed by atoms with Gasteiger partial charge in [0.2, 0.25) is 17.8 Å². The largest absolute Gasteiger partial charge is 0.368 e. The minimum absolute atomic E-state index is 0.108. The van der Waals surface area contributed by atoms with Gasteiger partial charge in [0.1, 0.15) is 0 Å². The van der Waals surface area contributed by atoms with E-state index < -0.39 is 5.91 Å². The van der Waals surface area contributed by atoms with Gasteiger partial charge < -0.3 is 16.4 Å². The van der Waals surface area contributed by atoms with Crippen molar-refractivity contribution in [1.82, 2.24) is 14.9 Å². The van der Waals surface area contributed by atoms with Crippen LogP contribution < -0.4 is 11.5 Å². The van der Waals surface area contributed by atoms with Gasteiger partial charge in [0.25, 0.3) is 0 Å². The van der Waals surface area contributed by atoms with Crippen LogP contribution in [0.2, 0.25) is 0 Å². The van der Waals surface area contributed by atoms with Crippen LogP contribution in [0.4, 0.5) is 5.95 Å². The molecule has 30 heavy (non-hydrogen) atoms. The van der Waals surface area contributed by atoms with Crippen LogP contribution in [0.5, 0.6) is 0 Å².